The lowest BCUT2D eigenvalue weighted by molar-refractivity contribution is -0.136. The third kappa shape index (κ3) is 8.20. The van der Waals surface area contributed by atoms with Crippen LogP contribution in [0.15, 0.2) is 18.2 Å². The molecule has 1 atom stereocenters. The fraction of sp³-hybridized carbons (Fsp3) is 0.542. The van der Waals surface area contributed by atoms with Gasteiger partial charge in [0.15, 0.2) is 0 Å². The number of ether oxygens (including phenoxy) is 3. The van der Waals surface area contributed by atoms with E-state index in [1.54, 1.807) is 18.2 Å². The number of hydrogen-bond acceptors (Lipinski definition) is 10. The normalized spacial score (nSPS) is 17.0. The third-order valence-electron chi connectivity index (χ3n) is 5.79. The van der Waals surface area contributed by atoms with E-state index in [1.165, 1.54) is 0 Å². The molecule has 1 fully saturated rings. The van der Waals surface area contributed by atoms with Gasteiger partial charge >= 0.3 is 0 Å². The number of benzene rings is 1. The number of rotatable bonds is 17. The van der Waals surface area contributed by atoms with Crippen molar-refractivity contribution < 1.29 is 38.2 Å². The van der Waals surface area contributed by atoms with Gasteiger partial charge < -0.3 is 24.8 Å². The minimum absolute atomic E-state index is 0.0662. The van der Waals surface area contributed by atoms with Crippen LogP contribution in [0.25, 0.3) is 0 Å². The van der Waals surface area contributed by atoms with Crippen LogP contribution in [0.5, 0.6) is 0 Å². The Morgan fingerprint density at radius 1 is 0.947 bits per heavy atom. The molecule has 1 aromatic carbocycles. The highest BCUT2D eigenvalue weighted by molar-refractivity contribution is 6.25. The molecule has 2 aliphatic rings. The third-order valence-corrected chi connectivity index (χ3v) is 5.98. The lowest BCUT2D eigenvalue weighted by atomic mass is 10.0. The minimum atomic E-state index is -1.01. The second-order valence-electron chi connectivity index (χ2n) is 8.42. The number of carbonyl (C=O) groups excluding carboxylic acids is 5. The molecule has 13 nitrogen and oxygen atoms in total. The molecule has 5 amide bonds. The minimum Gasteiger partial charge on any atom is -0.382 e. The summed E-state index contributed by atoms with van der Waals surface area (Å²) in [6, 6.07) is 3.88. The molecular formula is C24H32ClN5O8. The Hall–Kier alpha value is -3.10. The van der Waals surface area contributed by atoms with Crippen LogP contribution in [0.2, 0.25) is 0 Å². The van der Waals surface area contributed by atoms with Crippen LogP contribution in [0.4, 0.5) is 5.69 Å². The summed E-state index contributed by atoms with van der Waals surface area (Å²) in [7, 11) is 0. The summed E-state index contributed by atoms with van der Waals surface area (Å²) in [5.41, 5.74) is 0.893. The van der Waals surface area contributed by atoms with Crippen molar-refractivity contribution in [2.75, 3.05) is 64.6 Å². The molecule has 0 radical (unpaired) electrons. The van der Waals surface area contributed by atoms with Gasteiger partial charge in [-0.05, 0) is 30.3 Å². The number of amides is 5. The quantitative estimate of drug-likeness (QED) is 0.115. The molecule has 0 aliphatic carbocycles. The zero-order chi connectivity index (χ0) is 27.3. The molecule has 2 aliphatic heterocycles. The summed E-state index contributed by atoms with van der Waals surface area (Å²) >= 11 is 5.29. The fourth-order valence-electron chi connectivity index (χ4n) is 3.97. The highest BCUT2D eigenvalue weighted by atomic mass is 35.5. The molecule has 2 heterocycles. The zero-order valence-electron chi connectivity index (χ0n) is 20.9. The van der Waals surface area contributed by atoms with E-state index in [1.807, 2.05) is 0 Å². The van der Waals surface area contributed by atoms with Gasteiger partial charge in [0.25, 0.3) is 11.8 Å². The van der Waals surface area contributed by atoms with Crippen LogP contribution in [0, 0.1) is 0 Å². The molecule has 0 saturated carbocycles. The molecule has 0 bridgehead atoms. The highest BCUT2D eigenvalue weighted by Crippen LogP contribution is 2.32. The Labute approximate surface area is 225 Å². The number of halogens is 1. The molecule has 1 unspecified atom stereocenters. The molecule has 1 saturated heterocycles. The van der Waals surface area contributed by atoms with Crippen molar-refractivity contribution in [1.29, 1.82) is 0 Å². The molecule has 0 spiro atoms. The first kappa shape index (κ1) is 29.5. The summed E-state index contributed by atoms with van der Waals surface area (Å²) in [6.45, 7) is 3.43. The summed E-state index contributed by atoms with van der Waals surface area (Å²) in [5, 5.41) is 8.00. The molecular weight excluding hydrogens is 522 g/mol. The number of hydrogen-bond donors (Lipinski definition) is 4. The second-order valence-corrected chi connectivity index (χ2v) is 8.69. The molecule has 1 aromatic rings. The first-order valence-electron chi connectivity index (χ1n) is 12.4. The van der Waals surface area contributed by atoms with E-state index in [-0.39, 0.29) is 29.9 Å². The number of piperidine rings is 1. The van der Waals surface area contributed by atoms with E-state index >= 15 is 0 Å². The van der Waals surface area contributed by atoms with Crippen molar-refractivity contribution in [3.8, 4) is 0 Å². The van der Waals surface area contributed by atoms with E-state index in [4.69, 9.17) is 26.0 Å². The van der Waals surface area contributed by atoms with Crippen LogP contribution >= 0.6 is 11.8 Å². The van der Waals surface area contributed by atoms with Gasteiger partial charge in [0.05, 0.1) is 50.8 Å². The fourth-order valence-corrected chi connectivity index (χ4v) is 4.07. The number of nitrogens with zero attached hydrogens (tertiary/aromatic N) is 1. The van der Waals surface area contributed by atoms with Crippen LogP contribution in [-0.2, 0) is 28.6 Å². The maximum atomic E-state index is 13.1. The number of fused-ring (bicyclic) bond motifs is 1. The van der Waals surface area contributed by atoms with Crippen LogP contribution in [0.3, 0.4) is 0 Å². The van der Waals surface area contributed by atoms with Crippen molar-refractivity contribution in [3.63, 3.8) is 0 Å². The summed E-state index contributed by atoms with van der Waals surface area (Å²) in [4.78, 5) is 64.3. The summed E-state index contributed by atoms with van der Waals surface area (Å²) in [6.07, 6.45) is 0.472. The number of imide groups is 2. The molecule has 14 heteroatoms. The van der Waals surface area contributed by atoms with Gasteiger partial charge in [0, 0.05) is 38.2 Å². The predicted molar refractivity (Wildman–Crippen MR) is 136 cm³/mol. The van der Waals surface area contributed by atoms with Crippen LogP contribution in [-0.4, -0.2) is 99.8 Å². The Bertz CT molecular complexity index is 1020. The van der Waals surface area contributed by atoms with Gasteiger partial charge in [-0.3, -0.25) is 34.2 Å². The van der Waals surface area contributed by atoms with Crippen LogP contribution < -0.4 is 20.8 Å². The smallest absolute Gasteiger partial charge is 0.264 e. The van der Waals surface area contributed by atoms with Crippen LogP contribution in [0.1, 0.15) is 40.0 Å². The van der Waals surface area contributed by atoms with Crippen molar-refractivity contribution in [2.24, 2.45) is 0 Å². The van der Waals surface area contributed by atoms with Crippen molar-refractivity contribution in [1.82, 2.24) is 20.4 Å². The molecule has 3 rings (SSSR count). The average Bonchev–Trinajstić information content (AvgIpc) is 3.15. The van der Waals surface area contributed by atoms with Gasteiger partial charge in [-0.25, -0.2) is 4.84 Å². The Morgan fingerprint density at radius 3 is 2.32 bits per heavy atom. The molecule has 208 valence electrons. The molecule has 0 aromatic heterocycles. The largest absolute Gasteiger partial charge is 0.382 e. The molecule has 38 heavy (non-hydrogen) atoms. The van der Waals surface area contributed by atoms with Gasteiger partial charge in [-0.2, -0.15) is 0 Å². The molecule has 4 N–H and O–H groups in total. The first-order valence-corrected chi connectivity index (χ1v) is 12.7. The van der Waals surface area contributed by atoms with E-state index in [9.17, 15) is 24.0 Å². The van der Waals surface area contributed by atoms with E-state index in [0.717, 1.165) is 4.90 Å². The lowest BCUT2D eigenvalue weighted by Crippen LogP contribution is -2.54. The van der Waals surface area contributed by atoms with Crippen molar-refractivity contribution in [2.45, 2.75) is 25.3 Å². The maximum absolute atomic E-state index is 13.1. The van der Waals surface area contributed by atoms with E-state index < -0.39 is 29.7 Å². The number of anilines is 1. The number of nitrogens with one attached hydrogen (secondary N) is 4. The SMILES string of the molecule is O=C(CCNCl)NCCOCCOCCOCCNc1cccc2c1C(=O)N(C1CCC(=O)NC1=O)C2=O. The van der Waals surface area contributed by atoms with Crippen molar-refractivity contribution in [3.05, 3.63) is 29.3 Å². The topological polar surface area (TPSA) is 164 Å². The van der Waals surface area contributed by atoms with E-state index in [0.29, 0.717) is 71.4 Å². The highest BCUT2D eigenvalue weighted by Gasteiger charge is 2.45. The average molecular weight is 554 g/mol. The zero-order valence-corrected chi connectivity index (χ0v) is 21.6. The van der Waals surface area contributed by atoms with E-state index in [2.05, 4.69) is 20.8 Å². The first-order chi connectivity index (χ1) is 18.4. The second kappa shape index (κ2) is 15.3. The van der Waals surface area contributed by atoms with Gasteiger partial charge in [-0.1, -0.05) is 6.07 Å². The van der Waals surface area contributed by atoms with Gasteiger partial charge in [-0.15, -0.1) is 0 Å². The van der Waals surface area contributed by atoms with Gasteiger partial charge in [0.2, 0.25) is 17.7 Å². The Balaban J connectivity index is 1.29. The number of carbonyl (C=O) groups is 5. The monoisotopic (exact) mass is 553 g/mol. The Kier molecular flexibility index (Phi) is 11.9. The maximum Gasteiger partial charge on any atom is 0.264 e. The van der Waals surface area contributed by atoms with Gasteiger partial charge in [0.1, 0.15) is 6.04 Å². The predicted octanol–water partition coefficient (Wildman–Crippen LogP) is -0.201. The summed E-state index contributed by atoms with van der Waals surface area (Å²) in [5.74, 6) is -2.28. The Morgan fingerprint density at radius 2 is 1.63 bits per heavy atom. The standard InChI is InChI=1S/C24H32ClN5O8/c25-28-7-6-19(31)27-9-11-37-13-15-38-14-12-36-10-8-26-17-3-1-2-16-21(17)24(35)30(23(16)34)18-4-5-20(32)29-22(18)33/h1-3,18,26,28H,4-15H2,(H,27,31)(H,29,32,33). The summed E-state index contributed by atoms with van der Waals surface area (Å²) < 4.78 is 16.3. The lowest BCUT2D eigenvalue weighted by Gasteiger charge is -2.27. The van der Waals surface area contributed by atoms with Crippen molar-refractivity contribution >= 4 is 47.0 Å².